The number of aromatic nitrogens is 1. The normalized spacial score (nSPS) is 6.86. The Hall–Kier alpha value is -0.890. The van der Waals surface area contributed by atoms with Gasteiger partial charge in [-0.15, -0.1) is 0 Å². The van der Waals surface area contributed by atoms with E-state index in [9.17, 15) is 0 Å². The van der Waals surface area contributed by atoms with Crippen LogP contribution < -0.4 is 11.1 Å². The van der Waals surface area contributed by atoms with E-state index in [0.717, 1.165) is 0 Å². The average Bonchev–Trinajstić information content (AvgIpc) is 1.72. The molecule has 2 nitrogen and oxygen atoms in total. The van der Waals surface area contributed by atoms with E-state index in [1.807, 2.05) is 30.6 Å². The quantitative estimate of drug-likeness (QED) is 0.500. The summed E-state index contributed by atoms with van der Waals surface area (Å²) >= 11 is 0. The van der Waals surface area contributed by atoms with E-state index in [1.165, 1.54) is 0 Å². The van der Waals surface area contributed by atoms with Gasteiger partial charge in [-0.3, -0.25) is 0 Å². The minimum Gasteiger partial charge on any atom is -0.369 e. The van der Waals surface area contributed by atoms with Gasteiger partial charge in [0.05, 0.1) is 0 Å². The monoisotopic (exact) mass is 98.1 g/mol. The van der Waals surface area contributed by atoms with Crippen LogP contribution in [0.3, 0.4) is 0 Å². The maximum absolute atomic E-state index is 2.89. The summed E-state index contributed by atoms with van der Waals surface area (Å²) < 4.78 is 0. The molecule has 0 aromatic carbocycles. The van der Waals surface area contributed by atoms with Gasteiger partial charge in [0.2, 0.25) is 0 Å². The molecule has 0 aliphatic rings. The van der Waals surface area contributed by atoms with E-state index in [2.05, 4.69) is 4.98 Å². The Kier molecular flexibility index (Phi) is 2.89. The van der Waals surface area contributed by atoms with E-state index in [4.69, 9.17) is 0 Å². The van der Waals surface area contributed by atoms with Crippen molar-refractivity contribution in [2.75, 3.05) is 0 Å². The van der Waals surface area contributed by atoms with Crippen molar-refractivity contribution in [2.45, 2.75) is 0 Å². The molecule has 1 aromatic heterocycles. The van der Waals surface area contributed by atoms with Crippen LogP contribution in [0.4, 0.5) is 0 Å². The van der Waals surface area contributed by atoms with Crippen LogP contribution in [-0.2, 0) is 0 Å². The first-order valence-electron chi connectivity index (χ1n) is 1.91. The third kappa shape index (κ3) is 1.89. The Labute approximate surface area is 42.8 Å². The SMILES string of the molecule is [NH4+].c1cc[nH+]cc1. The van der Waals surface area contributed by atoms with Crippen LogP contribution in [-0.4, -0.2) is 0 Å². The number of nitrogens with one attached hydrogen (secondary N) is 1. The van der Waals surface area contributed by atoms with Crippen molar-refractivity contribution in [1.82, 2.24) is 6.15 Å². The summed E-state index contributed by atoms with van der Waals surface area (Å²) in [5.74, 6) is 0. The summed E-state index contributed by atoms with van der Waals surface area (Å²) in [6, 6.07) is 5.86. The van der Waals surface area contributed by atoms with Crippen LogP contribution in [0.2, 0.25) is 0 Å². The maximum atomic E-state index is 2.89. The Balaban J connectivity index is 0.000000360. The zero-order valence-corrected chi connectivity index (χ0v) is 4.39. The Morgan fingerprint density at radius 3 is 1.57 bits per heavy atom. The van der Waals surface area contributed by atoms with E-state index < -0.39 is 0 Å². The van der Waals surface area contributed by atoms with Crippen LogP contribution in [0.15, 0.2) is 30.6 Å². The molecule has 0 aliphatic heterocycles. The lowest BCUT2D eigenvalue weighted by Crippen LogP contribution is -1.93. The topological polar surface area (TPSA) is 50.6 Å². The van der Waals surface area contributed by atoms with Gasteiger partial charge in [-0.05, 0) is 0 Å². The van der Waals surface area contributed by atoms with Crippen molar-refractivity contribution >= 4 is 0 Å². The fourth-order valence-electron chi connectivity index (χ4n) is 0.342. The van der Waals surface area contributed by atoms with Crippen molar-refractivity contribution in [3.8, 4) is 0 Å². The van der Waals surface area contributed by atoms with Crippen molar-refractivity contribution in [3.63, 3.8) is 0 Å². The molecule has 1 rings (SSSR count). The number of hydrogen-bond donors (Lipinski definition) is 1. The molecule has 0 radical (unpaired) electrons. The largest absolute Gasteiger partial charge is 0.369 e. The molecule has 0 unspecified atom stereocenters. The minimum atomic E-state index is 0. The molecule has 0 atom stereocenters. The number of rotatable bonds is 0. The van der Waals surface area contributed by atoms with E-state index >= 15 is 0 Å². The summed E-state index contributed by atoms with van der Waals surface area (Å²) in [6.07, 6.45) is 3.75. The van der Waals surface area contributed by atoms with Crippen LogP contribution in [0, 0.1) is 0 Å². The Morgan fingerprint density at radius 1 is 0.857 bits per heavy atom. The first-order chi connectivity index (χ1) is 3.00. The molecule has 0 amide bonds. The van der Waals surface area contributed by atoms with Gasteiger partial charge >= 0.3 is 0 Å². The molecular formula is C5H10N2+2. The van der Waals surface area contributed by atoms with Gasteiger partial charge in [0.15, 0.2) is 12.4 Å². The smallest absolute Gasteiger partial charge is 0.166 e. The molecular weight excluding hydrogens is 88.1 g/mol. The van der Waals surface area contributed by atoms with E-state index in [0.29, 0.717) is 0 Å². The van der Waals surface area contributed by atoms with E-state index in [-0.39, 0.29) is 6.15 Å². The highest BCUT2D eigenvalue weighted by Crippen LogP contribution is 1.68. The predicted molar refractivity (Wildman–Crippen MR) is 29.0 cm³/mol. The summed E-state index contributed by atoms with van der Waals surface area (Å²) in [5, 5.41) is 0. The molecule has 7 heavy (non-hydrogen) atoms. The van der Waals surface area contributed by atoms with Crippen molar-refractivity contribution in [2.24, 2.45) is 0 Å². The van der Waals surface area contributed by atoms with Gasteiger partial charge < -0.3 is 6.15 Å². The van der Waals surface area contributed by atoms with Crippen LogP contribution >= 0.6 is 0 Å². The van der Waals surface area contributed by atoms with Gasteiger partial charge in [0.25, 0.3) is 0 Å². The summed E-state index contributed by atoms with van der Waals surface area (Å²) in [4.78, 5) is 2.89. The highest BCUT2D eigenvalue weighted by molar-refractivity contribution is 4.82. The van der Waals surface area contributed by atoms with Crippen LogP contribution in [0.1, 0.15) is 0 Å². The molecule has 5 N–H and O–H groups in total. The molecule has 1 heterocycles. The molecule has 38 valence electrons. The predicted octanol–water partition coefficient (Wildman–Crippen LogP) is 0.877. The Morgan fingerprint density at radius 2 is 1.43 bits per heavy atom. The van der Waals surface area contributed by atoms with Crippen LogP contribution in [0.25, 0.3) is 0 Å². The average molecular weight is 98.1 g/mol. The lowest BCUT2D eigenvalue weighted by Gasteiger charge is -1.63. The number of pyridine rings is 1. The van der Waals surface area contributed by atoms with Gasteiger partial charge in [-0.2, -0.15) is 0 Å². The third-order valence-corrected chi connectivity index (χ3v) is 0.607. The fraction of sp³-hybridized carbons (Fsp3) is 0. The third-order valence-electron chi connectivity index (χ3n) is 0.607. The molecule has 0 saturated heterocycles. The molecule has 0 bridgehead atoms. The van der Waals surface area contributed by atoms with Gasteiger partial charge in [-0.25, -0.2) is 4.98 Å². The number of hydrogen-bond acceptors (Lipinski definition) is 0. The molecule has 1 aromatic rings. The first-order valence-corrected chi connectivity index (χ1v) is 1.91. The van der Waals surface area contributed by atoms with Gasteiger partial charge in [-0.1, -0.05) is 6.07 Å². The standard InChI is InChI=1S/C5H5N.H3N/c1-2-4-6-5-3-1;/h1-5H;1H3/p+2. The lowest BCUT2D eigenvalue weighted by molar-refractivity contribution is -0.377. The molecule has 2 heteroatoms. The zero-order valence-electron chi connectivity index (χ0n) is 4.39. The summed E-state index contributed by atoms with van der Waals surface area (Å²) in [5.41, 5.74) is 0. The summed E-state index contributed by atoms with van der Waals surface area (Å²) in [7, 11) is 0. The molecule has 0 spiro atoms. The second-order valence-electron chi connectivity index (χ2n) is 1.08. The highest BCUT2D eigenvalue weighted by Gasteiger charge is 1.65. The first kappa shape index (κ1) is 6.11. The lowest BCUT2D eigenvalue weighted by atomic mass is 10.5. The van der Waals surface area contributed by atoms with Crippen LogP contribution in [0.5, 0.6) is 0 Å². The summed E-state index contributed by atoms with van der Waals surface area (Å²) in [6.45, 7) is 0. The van der Waals surface area contributed by atoms with Gasteiger partial charge in [0.1, 0.15) is 0 Å². The van der Waals surface area contributed by atoms with Crippen molar-refractivity contribution in [1.29, 1.82) is 0 Å². The minimum absolute atomic E-state index is 0. The fourth-order valence-corrected chi connectivity index (χ4v) is 0.342. The van der Waals surface area contributed by atoms with Crippen molar-refractivity contribution in [3.05, 3.63) is 30.6 Å². The van der Waals surface area contributed by atoms with Gasteiger partial charge in [0, 0.05) is 12.1 Å². The number of H-pyrrole nitrogens is 1. The second kappa shape index (κ2) is 3.31. The van der Waals surface area contributed by atoms with E-state index in [1.54, 1.807) is 0 Å². The maximum Gasteiger partial charge on any atom is 0.166 e. The molecule has 0 saturated carbocycles. The number of quaternary nitrogens is 1. The molecule has 0 aliphatic carbocycles. The zero-order chi connectivity index (χ0) is 4.24. The highest BCUT2D eigenvalue weighted by atomic mass is 14.6. The molecule has 0 fully saturated rings. The number of aromatic amines is 1. The second-order valence-corrected chi connectivity index (χ2v) is 1.08. The Bertz CT molecular complexity index is 78.0. The van der Waals surface area contributed by atoms with Crippen molar-refractivity contribution < 1.29 is 4.98 Å².